The number of anilines is 1. The average Bonchev–Trinajstić information content (AvgIpc) is 2.89. The molecule has 0 radical (unpaired) electrons. The Kier molecular flexibility index (Phi) is 3.51. The number of hydrogen-bond donors (Lipinski definition) is 1. The van der Waals surface area contributed by atoms with Crippen molar-refractivity contribution in [2.24, 2.45) is 5.10 Å². The minimum Gasteiger partial charge on any atom is -0.282 e. The lowest BCUT2D eigenvalue weighted by Crippen LogP contribution is -2.19. The molecule has 112 valence electrons. The molecule has 1 N–H and O–H groups in total. The van der Waals surface area contributed by atoms with Gasteiger partial charge in [0.25, 0.3) is 16.0 Å². The number of carbonyl (C=O) groups excluding carboxylic acids is 1. The molecule has 0 atom stereocenters. The summed E-state index contributed by atoms with van der Waals surface area (Å²) in [6.07, 6.45) is 0.139. The molecule has 0 bridgehead atoms. The van der Waals surface area contributed by atoms with E-state index in [-0.39, 0.29) is 17.2 Å². The van der Waals surface area contributed by atoms with Gasteiger partial charge < -0.3 is 0 Å². The Labute approximate surface area is 127 Å². The van der Waals surface area contributed by atoms with Crippen molar-refractivity contribution in [2.75, 3.05) is 5.01 Å². The van der Waals surface area contributed by atoms with Gasteiger partial charge in [0.1, 0.15) is 0 Å². The highest BCUT2D eigenvalue weighted by Crippen LogP contribution is 2.25. The third-order valence-corrected chi connectivity index (χ3v) is 4.09. The highest BCUT2D eigenvalue weighted by Gasteiger charge is 2.26. The van der Waals surface area contributed by atoms with Crippen LogP contribution in [0.2, 0.25) is 0 Å². The zero-order valence-electron chi connectivity index (χ0n) is 11.4. The Bertz CT molecular complexity index is 860. The van der Waals surface area contributed by atoms with E-state index in [1.54, 1.807) is 6.07 Å². The number of hydrogen-bond acceptors (Lipinski definition) is 4. The molecule has 7 heteroatoms. The molecule has 1 aliphatic heterocycles. The van der Waals surface area contributed by atoms with Gasteiger partial charge in [0, 0.05) is 0 Å². The summed E-state index contributed by atoms with van der Waals surface area (Å²) in [5.74, 6) is -0.258. The third kappa shape index (κ3) is 2.76. The first-order valence-corrected chi connectivity index (χ1v) is 7.92. The minimum absolute atomic E-state index is 0.139. The van der Waals surface area contributed by atoms with E-state index >= 15 is 0 Å². The van der Waals surface area contributed by atoms with Gasteiger partial charge in [-0.3, -0.25) is 9.35 Å². The zero-order chi connectivity index (χ0) is 15.7. The van der Waals surface area contributed by atoms with Crippen LogP contribution in [0.25, 0.3) is 0 Å². The third-order valence-electron chi connectivity index (χ3n) is 3.24. The summed E-state index contributed by atoms with van der Waals surface area (Å²) < 4.78 is 31.5. The van der Waals surface area contributed by atoms with E-state index in [1.807, 2.05) is 30.3 Å². The SMILES string of the molecule is O=C1CC(c2ccccc2)=NN1c1cccc(S(=O)(=O)O)c1. The number of rotatable bonds is 3. The van der Waals surface area contributed by atoms with Crippen molar-refractivity contribution in [3.05, 3.63) is 60.2 Å². The molecule has 0 aliphatic carbocycles. The molecular weight excluding hydrogens is 304 g/mol. The van der Waals surface area contributed by atoms with Gasteiger partial charge in [-0.1, -0.05) is 36.4 Å². The van der Waals surface area contributed by atoms with Crippen molar-refractivity contribution >= 4 is 27.4 Å². The fourth-order valence-corrected chi connectivity index (χ4v) is 2.72. The Hall–Kier alpha value is -2.51. The first-order chi connectivity index (χ1) is 10.4. The van der Waals surface area contributed by atoms with E-state index in [9.17, 15) is 13.2 Å². The van der Waals surface area contributed by atoms with Crippen molar-refractivity contribution in [2.45, 2.75) is 11.3 Å². The Morgan fingerprint density at radius 2 is 1.77 bits per heavy atom. The number of nitrogens with zero attached hydrogens (tertiary/aromatic N) is 2. The Morgan fingerprint density at radius 3 is 2.45 bits per heavy atom. The largest absolute Gasteiger partial charge is 0.294 e. The van der Waals surface area contributed by atoms with E-state index in [4.69, 9.17) is 4.55 Å². The van der Waals surface area contributed by atoms with Crippen molar-refractivity contribution in [1.29, 1.82) is 0 Å². The smallest absolute Gasteiger partial charge is 0.282 e. The maximum Gasteiger partial charge on any atom is 0.294 e. The first-order valence-electron chi connectivity index (χ1n) is 6.48. The van der Waals surface area contributed by atoms with Crippen LogP contribution < -0.4 is 5.01 Å². The molecule has 1 heterocycles. The standard InChI is InChI=1S/C15H12N2O4S/c18-15-10-14(11-5-2-1-3-6-11)16-17(15)12-7-4-8-13(9-12)22(19,20)21/h1-9H,10H2,(H,19,20,21). The first kappa shape index (κ1) is 14.4. The van der Waals surface area contributed by atoms with Gasteiger partial charge in [-0.25, -0.2) is 5.01 Å². The Balaban J connectivity index is 1.99. The predicted octanol–water partition coefficient (Wildman–Crippen LogP) is 2.07. The molecule has 0 spiro atoms. The van der Waals surface area contributed by atoms with E-state index in [0.717, 1.165) is 10.6 Å². The van der Waals surface area contributed by atoms with Crippen molar-refractivity contribution in [1.82, 2.24) is 0 Å². The van der Waals surface area contributed by atoms with Crippen LogP contribution in [0, 0.1) is 0 Å². The molecule has 6 nitrogen and oxygen atoms in total. The molecule has 0 unspecified atom stereocenters. The van der Waals surface area contributed by atoms with E-state index in [1.165, 1.54) is 18.2 Å². The summed E-state index contributed by atoms with van der Waals surface area (Å²) in [4.78, 5) is 11.8. The topological polar surface area (TPSA) is 87.0 Å². The molecular formula is C15H12N2O4S. The van der Waals surface area contributed by atoms with Gasteiger partial charge in [-0.05, 0) is 23.8 Å². The second-order valence-electron chi connectivity index (χ2n) is 4.77. The van der Waals surface area contributed by atoms with Crippen LogP contribution in [0.1, 0.15) is 12.0 Å². The minimum atomic E-state index is -4.32. The lowest BCUT2D eigenvalue weighted by molar-refractivity contribution is -0.116. The molecule has 3 rings (SSSR count). The number of hydrazone groups is 1. The molecule has 0 saturated heterocycles. The molecule has 0 fully saturated rings. The number of carbonyl (C=O) groups is 1. The summed E-state index contributed by atoms with van der Waals surface area (Å²) in [7, 11) is -4.32. The molecule has 2 aromatic carbocycles. The van der Waals surface area contributed by atoms with Crippen LogP contribution in [0.4, 0.5) is 5.69 Å². The van der Waals surface area contributed by atoms with Crippen LogP contribution >= 0.6 is 0 Å². The van der Waals surface area contributed by atoms with Gasteiger partial charge in [0.05, 0.1) is 22.7 Å². The van der Waals surface area contributed by atoms with Crippen molar-refractivity contribution < 1.29 is 17.8 Å². The van der Waals surface area contributed by atoms with Gasteiger partial charge in [-0.15, -0.1) is 0 Å². The maximum atomic E-state index is 12.1. The molecule has 1 aliphatic rings. The second kappa shape index (κ2) is 5.36. The van der Waals surface area contributed by atoms with Crippen molar-refractivity contribution in [3.8, 4) is 0 Å². The average molecular weight is 316 g/mol. The Morgan fingerprint density at radius 1 is 1.05 bits per heavy atom. The number of amides is 1. The molecule has 0 saturated carbocycles. The fraction of sp³-hybridized carbons (Fsp3) is 0.0667. The van der Waals surface area contributed by atoms with E-state index < -0.39 is 10.1 Å². The monoisotopic (exact) mass is 316 g/mol. The van der Waals surface area contributed by atoms with Crippen LogP contribution in [0.3, 0.4) is 0 Å². The summed E-state index contributed by atoms with van der Waals surface area (Å²) in [5, 5.41) is 5.41. The molecule has 0 aromatic heterocycles. The number of benzene rings is 2. The van der Waals surface area contributed by atoms with Gasteiger partial charge >= 0.3 is 0 Å². The fourth-order valence-electron chi connectivity index (χ4n) is 2.20. The second-order valence-corrected chi connectivity index (χ2v) is 6.19. The normalized spacial score (nSPS) is 15.0. The maximum absolute atomic E-state index is 12.1. The quantitative estimate of drug-likeness (QED) is 0.878. The van der Waals surface area contributed by atoms with Crippen LogP contribution in [-0.2, 0) is 14.9 Å². The molecule has 2 aromatic rings. The van der Waals surface area contributed by atoms with Crippen LogP contribution in [0.15, 0.2) is 64.6 Å². The summed E-state index contributed by atoms with van der Waals surface area (Å²) in [6, 6.07) is 14.7. The van der Waals surface area contributed by atoms with Crippen LogP contribution in [-0.4, -0.2) is 24.6 Å². The highest BCUT2D eigenvalue weighted by molar-refractivity contribution is 7.85. The van der Waals surface area contributed by atoms with E-state index in [2.05, 4.69) is 5.10 Å². The molecule has 22 heavy (non-hydrogen) atoms. The zero-order valence-corrected chi connectivity index (χ0v) is 12.2. The van der Waals surface area contributed by atoms with Gasteiger partial charge in [0.2, 0.25) is 0 Å². The summed E-state index contributed by atoms with van der Waals surface area (Å²) in [5.41, 5.74) is 1.75. The van der Waals surface area contributed by atoms with Gasteiger partial charge in [-0.2, -0.15) is 13.5 Å². The highest BCUT2D eigenvalue weighted by atomic mass is 32.2. The summed E-state index contributed by atoms with van der Waals surface area (Å²) in [6.45, 7) is 0. The summed E-state index contributed by atoms with van der Waals surface area (Å²) >= 11 is 0. The predicted molar refractivity (Wildman–Crippen MR) is 81.3 cm³/mol. The van der Waals surface area contributed by atoms with E-state index in [0.29, 0.717) is 11.4 Å². The van der Waals surface area contributed by atoms with Gasteiger partial charge in [0.15, 0.2) is 0 Å². The molecule has 1 amide bonds. The van der Waals surface area contributed by atoms with Crippen LogP contribution in [0.5, 0.6) is 0 Å². The lowest BCUT2D eigenvalue weighted by atomic mass is 10.1. The van der Waals surface area contributed by atoms with Crippen molar-refractivity contribution in [3.63, 3.8) is 0 Å². The lowest BCUT2D eigenvalue weighted by Gasteiger charge is -2.12.